The Hall–Kier alpha value is -3.13. The third-order valence-electron chi connectivity index (χ3n) is 4.81. The summed E-state index contributed by atoms with van der Waals surface area (Å²) >= 11 is 0.894. The minimum Gasteiger partial charge on any atom is -0.494 e. The predicted molar refractivity (Wildman–Crippen MR) is 121 cm³/mol. The number of rotatable bonds is 9. The maximum atomic E-state index is 12.5. The van der Waals surface area contributed by atoms with Crippen molar-refractivity contribution in [2.24, 2.45) is 0 Å². The number of pyridine rings is 1. The van der Waals surface area contributed by atoms with Crippen LogP contribution in [0.5, 0.6) is 5.75 Å². The summed E-state index contributed by atoms with van der Waals surface area (Å²) in [4.78, 5) is 42.1. The normalized spacial score (nSPS) is 14.9. The summed E-state index contributed by atoms with van der Waals surface area (Å²) in [5.74, 6) is 0.304. The van der Waals surface area contributed by atoms with Crippen molar-refractivity contribution in [1.29, 1.82) is 0 Å². The van der Waals surface area contributed by atoms with Crippen LogP contribution in [0.25, 0.3) is 6.08 Å². The van der Waals surface area contributed by atoms with Gasteiger partial charge in [-0.25, -0.2) is 0 Å². The second kappa shape index (κ2) is 10.8. The number of amides is 3. The van der Waals surface area contributed by atoms with E-state index >= 15 is 0 Å². The van der Waals surface area contributed by atoms with Gasteiger partial charge in [0.25, 0.3) is 11.1 Å². The first-order valence-corrected chi connectivity index (χ1v) is 10.9. The average molecular weight is 440 g/mol. The van der Waals surface area contributed by atoms with Crippen molar-refractivity contribution in [3.63, 3.8) is 0 Å². The van der Waals surface area contributed by atoms with Crippen LogP contribution in [0.4, 0.5) is 4.79 Å². The van der Waals surface area contributed by atoms with Crippen LogP contribution >= 0.6 is 11.8 Å². The van der Waals surface area contributed by atoms with Crippen molar-refractivity contribution >= 4 is 34.9 Å². The molecule has 162 valence electrons. The number of imide groups is 1. The molecule has 1 saturated heterocycles. The molecule has 1 aromatic heterocycles. The second-order valence-corrected chi connectivity index (χ2v) is 8.16. The number of nitrogens with one attached hydrogen (secondary N) is 1. The fourth-order valence-corrected chi connectivity index (χ4v) is 3.79. The molecular weight excluding hydrogens is 414 g/mol. The standard InChI is InChI=1S/C23H25N3O4S/c1-16-7-8-19(13-17(16)2)30-12-4-6-21(27)25-10-11-26-22(28)20(31-23(26)29)14-18-5-3-9-24-15-18/h3,5,7-9,13-15H,4,6,10-12H2,1-2H3,(H,25,27)/b20-14+. The van der Waals surface area contributed by atoms with Crippen LogP contribution in [0.2, 0.25) is 0 Å². The van der Waals surface area contributed by atoms with Gasteiger partial charge < -0.3 is 10.1 Å². The second-order valence-electron chi connectivity index (χ2n) is 7.17. The maximum Gasteiger partial charge on any atom is 0.293 e. The number of nitrogens with zero attached hydrogens (tertiary/aromatic N) is 2. The largest absolute Gasteiger partial charge is 0.494 e. The van der Waals surface area contributed by atoms with Gasteiger partial charge in [-0.05, 0) is 73.0 Å². The van der Waals surface area contributed by atoms with E-state index in [9.17, 15) is 14.4 Å². The summed E-state index contributed by atoms with van der Waals surface area (Å²) in [6.45, 7) is 4.87. The van der Waals surface area contributed by atoms with Crippen molar-refractivity contribution in [2.45, 2.75) is 26.7 Å². The summed E-state index contributed by atoms with van der Waals surface area (Å²) in [6, 6.07) is 9.48. The first-order chi connectivity index (χ1) is 14.9. The summed E-state index contributed by atoms with van der Waals surface area (Å²) in [5.41, 5.74) is 3.13. The number of hydrogen-bond acceptors (Lipinski definition) is 6. The molecule has 0 atom stereocenters. The molecule has 0 radical (unpaired) electrons. The van der Waals surface area contributed by atoms with E-state index in [-0.39, 0.29) is 30.1 Å². The Bertz CT molecular complexity index is 992. The maximum absolute atomic E-state index is 12.5. The van der Waals surface area contributed by atoms with Gasteiger partial charge in [0, 0.05) is 31.9 Å². The van der Waals surface area contributed by atoms with Gasteiger partial charge in [-0.3, -0.25) is 24.3 Å². The number of hydrogen-bond donors (Lipinski definition) is 1. The molecule has 3 rings (SSSR count). The predicted octanol–water partition coefficient (Wildman–Crippen LogP) is 3.71. The lowest BCUT2D eigenvalue weighted by molar-refractivity contribution is -0.124. The molecule has 1 aliphatic heterocycles. The van der Waals surface area contributed by atoms with Gasteiger partial charge in [-0.15, -0.1) is 0 Å². The zero-order valence-electron chi connectivity index (χ0n) is 17.6. The van der Waals surface area contributed by atoms with E-state index in [4.69, 9.17) is 4.74 Å². The number of ether oxygens (including phenoxy) is 1. The van der Waals surface area contributed by atoms with Crippen LogP contribution < -0.4 is 10.1 Å². The minimum absolute atomic E-state index is 0.137. The van der Waals surface area contributed by atoms with Gasteiger partial charge in [0.1, 0.15) is 5.75 Å². The van der Waals surface area contributed by atoms with Crippen molar-refractivity contribution < 1.29 is 19.1 Å². The molecule has 0 unspecified atom stereocenters. The lowest BCUT2D eigenvalue weighted by atomic mass is 10.1. The van der Waals surface area contributed by atoms with Gasteiger partial charge in [-0.2, -0.15) is 0 Å². The van der Waals surface area contributed by atoms with E-state index in [1.54, 1.807) is 24.5 Å². The number of aryl methyl sites for hydroxylation is 2. The van der Waals surface area contributed by atoms with E-state index in [0.29, 0.717) is 24.4 Å². The molecule has 0 bridgehead atoms. The van der Waals surface area contributed by atoms with Crippen molar-refractivity contribution in [1.82, 2.24) is 15.2 Å². The SMILES string of the molecule is Cc1ccc(OCCCC(=O)NCCN2C(=O)S/C(=C/c3cccnc3)C2=O)cc1C. The molecule has 2 aromatic rings. The van der Waals surface area contributed by atoms with Gasteiger partial charge in [0.15, 0.2) is 0 Å². The van der Waals surface area contributed by atoms with Crippen molar-refractivity contribution in [3.8, 4) is 5.75 Å². The Morgan fingerprint density at radius 3 is 2.81 bits per heavy atom. The molecule has 1 aromatic carbocycles. The fourth-order valence-electron chi connectivity index (χ4n) is 2.93. The van der Waals surface area contributed by atoms with Crippen molar-refractivity contribution in [3.05, 3.63) is 64.3 Å². The first-order valence-electron chi connectivity index (χ1n) is 10.1. The quantitative estimate of drug-likeness (QED) is 0.473. The lowest BCUT2D eigenvalue weighted by Crippen LogP contribution is -2.37. The Morgan fingerprint density at radius 1 is 1.23 bits per heavy atom. The molecule has 1 fully saturated rings. The first kappa shape index (κ1) is 22.6. The summed E-state index contributed by atoms with van der Waals surface area (Å²) in [5, 5.41) is 2.41. The highest BCUT2D eigenvalue weighted by atomic mass is 32.2. The Labute approximate surface area is 185 Å². The highest BCUT2D eigenvalue weighted by molar-refractivity contribution is 8.18. The summed E-state index contributed by atoms with van der Waals surface area (Å²) < 4.78 is 5.68. The van der Waals surface area contributed by atoms with E-state index < -0.39 is 0 Å². The number of carbonyl (C=O) groups is 3. The average Bonchev–Trinajstić information content (AvgIpc) is 3.01. The van der Waals surface area contributed by atoms with E-state index in [1.165, 1.54) is 5.56 Å². The molecular formula is C23H25N3O4S. The van der Waals surface area contributed by atoms with Crippen LogP contribution in [0.1, 0.15) is 29.5 Å². The number of aromatic nitrogens is 1. The van der Waals surface area contributed by atoms with Gasteiger partial charge in [-0.1, -0.05) is 12.1 Å². The lowest BCUT2D eigenvalue weighted by Gasteiger charge is -2.13. The van der Waals surface area contributed by atoms with Crippen LogP contribution in [-0.4, -0.2) is 46.6 Å². The molecule has 2 heterocycles. The molecule has 0 spiro atoms. The Kier molecular flexibility index (Phi) is 7.83. The van der Waals surface area contributed by atoms with Gasteiger partial charge in [0.2, 0.25) is 5.91 Å². The van der Waals surface area contributed by atoms with Gasteiger partial charge in [0.05, 0.1) is 11.5 Å². The topological polar surface area (TPSA) is 88.6 Å². The van der Waals surface area contributed by atoms with E-state index in [1.807, 2.05) is 38.1 Å². The van der Waals surface area contributed by atoms with Crippen LogP contribution in [0, 0.1) is 13.8 Å². The molecule has 7 nitrogen and oxygen atoms in total. The monoisotopic (exact) mass is 439 g/mol. The Balaban J connectivity index is 1.37. The van der Waals surface area contributed by atoms with Crippen molar-refractivity contribution in [2.75, 3.05) is 19.7 Å². The summed E-state index contributed by atoms with van der Waals surface area (Å²) in [7, 11) is 0. The molecule has 0 aliphatic carbocycles. The highest BCUT2D eigenvalue weighted by Crippen LogP contribution is 2.31. The van der Waals surface area contributed by atoms with Crippen LogP contribution in [0.15, 0.2) is 47.6 Å². The fraction of sp³-hybridized carbons (Fsp3) is 0.304. The number of benzene rings is 1. The molecule has 3 amide bonds. The van der Waals surface area contributed by atoms with Gasteiger partial charge >= 0.3 is 0 Å². The smallest absolute Gasteiger partial charge is 0.293 e. The molecule has 1 aliphatic rings. The van der Waals surface area contributed by atoms with Crippen LogP contribution in [-0.2, 0) is 9.59 Å². The number of thioether (sulfide) groups is 1. The molecule has 8 heteroatoms. The minimum atomic E-state index is -0.352. The van der Waals surface area contributed by atoms with E-state index in [0.717, 1.165) is 33.5 Å². The van der Waals surface area contributed by atoms with E-state index in [2.05, 4.69) is 10.3 Å². The molecule has 0 saturated carbocycles. The highest BCUT2D eigenvalue weighted by Gasteiger charge is 2.34. The molecule has 1 N–H and O–H groups in total. The Morgan fingerprint density at radius 2 is 2.06 bits per heavy atom. The van der Waals surface area contributed by atoms with Crippen LogP contribution in [0.3, 0.4) is 0 Å². The molecule has 31 heavy (non-hydrogen) atoms. The third kappa shape index (κ3) is 6.42. The summed E-state index contributed by atoms with van der Waals surface area (Å²) in [6.07, 6.45) is 5.80. The zero-order valence-corrected chi connectivity index (χ0v) is 18.4. The number of carbonyl (C=O) groups excluding carboxylic acids is 3. The zero-order chi connectivity index (χ0) is 22.2. The third-order valence-corrected chi connectivity index (χ3v) is 5.72.